The van der Waals surface area contributed by atoms with Crippen LogP contribution in [-0.4, -0.2) is 11.1 Å². The van der Waals surface area contributed by atoms with E-state index in [9.17, 15) is 9.18 Å². The number of aryl methyl sites for hydroxylation is 1. The molecule has 1 N–H and O–H groups in total. The third-order valence-corrected chi connectivity index (χ3v) is 3.55. The number of ether oxygens (including phenoxy) is 1. The molecule has 0 amide bonds. The van der Waals surface area contributed by atoms with Crippen LogP contribution >= 0.6 is 11.3 Å². The number of thiophene rings is 1. The van der Waals surface area contributed by atoms with Crippen LogP contribution < -0.4 is 4.74 Å². The van der Waals surface area contributed by atoms with Crippen LogP contribution in [0.4, 0.5) is 4.39 Å². The highest BCUT2D eigenvalue weighted by Crippen LogP contribution is 2.23. The van der Waals surface area contributed by atoms with E-state index in [1.807, 2.05) is 13.0 Å². The monoisotopic (exact) mass is 292 g/mol. The van der Waals surface area contributed by atoms with Crippen molar-refractivity contribution in [2.75, 3.05) is 0 Å². The van der Waals surface area contributed by atoms with Gasteiger partial charge < -0.3 is 9.84 Å². The fourth-order valence-electron chi connectivity index (χ4n) is 1.59. The Labute approximate surface area is 119 Å². The molecule has 1 aromatic carbocycles. The van der Waals surface area contributed by atoms with Gasteiger partial charge in [0.2, 0.25) is 0 Å². The smallest absolute Gasteiger partial charge is 0.328 e. The highest BCUT2D eigenvalue weighted by Gasteiger charge is 2.05. The van der Waals surface area contributed by atoms with Gasteiger partial charge in [0.1, 0.15) is 6.61 Å². The molecule has 0 aliphatic rings. The zero-order chi connectivity index (χ0) is 14.5. The minimum atomic E-state index is -0.988. The molecular weight excluding hydrogens is 279 g/mol. The molecule has 20 heavy (non-hydrogen) atoms. The van der Waals surface area contributed by atoms with Crippen molar-refractivity contribution in [2.45, 2.75) is 13.5 Å². The van der Waals surface area contributed by atoms with E-state index in [4.69, 9.17) is 9.84 Å². The zero-order valence-electron chi connectivity index (χ0n) is 10.8. The molecule has 104 valence electrons. The number of carboxylic acid groups (broad SMARTS) is 1. The predicted molar refractivity (Wildman–Crippen MR) is 76.5 cm³/mol. The van der Waals surface area contributed by atoms with E-state index in [-0.39, 0.29) is 12.4 Å². The van der Waals surface area contributed by atoms with Crippen molar-refractivity contribution in [3.8, 4) is 5.75 Å². The van der Waals surface area contributed by atoms with Crippen LogP contribution in [0, 0.1) is 12.7 Å². The molecule has 0 bridgehead atoms. The maximum Gasteiger partial charge on any atom is 0.328 e. The lowest BCUT2D eigenvalue weighted by Gasteiger charge is -2.06. The molecule has 2 aromatic rings. The normalized spacial score (nSPS) is 10.9. The van der Waals surface area contributed by atoms with E-state index >= 15 is 0 Å². The largest absolute Gasteiger partial charge is 0.485 e. The van der Waals surface area contributed by atoms with Gasteiger partial charge in [-0.25, -0.2) is 9.18 Å². The second kappa shape index (κ2) is 6.34. The zero-order valence-corrected chi connectivity index (χ0v) is 11.6. The molecule has 2 rings (SSSR count). The van der Waals surface area contributed by atoms with Crippen molar-refractivity contribution in [3.05, 3.63) is 57.5 Å². The first kappa shape index (κ1) is 14.3. The third-order valence-electron chi connectivity index (χ3n) is 2.53. The molecule has 1 aromatic heterocycles. The SMILES string of the molecule is Cc1ccc(F)c(OCc2ccc(C=CC(=O)O)s2)c1. The van der Waals surface area contributed by atoms with Crippen LogP contribution in [0.1, 0.15) is 15.3 Å². The second-order valence-corrected chi connectivity index (χ2v) is 5.40. The Kier molecular flexibility index (Phi) is 4.53. The Morgan fingerprint density at radius 3 is 2.95 bits per heavy atom. The summed E-state index contributed by atoms with van der Waals surface area (Å²) < 4.78 is 18.9. The summed E-state index contributed by atoms with van der Waals surface area (Å²) in [6.07, 6.45) is 2.60. The average Bonchev–Trinajstić information content (AvgIpc) is 2.85. The molecule has 0 saturated carbocycles. The van der Waals surface area contributed by atoms with E-state index in [0.717, 1.165) is 21.4 Å². The fraction of sp³-hybridized carbons (Fsp3) is 0.133. The highest BCUT2D eigenvalue weighted by atomic mass is 32.1. The summed E-state index contributed by atoms with van der Waals surface area (Å²) >= 11 is 1.41. The number of hydrogen-bond acceptors (Lipinski definition) is 3. The summed E-state index contributed by atoms with van der Waals surface area (Å²) in [6.45, 7) is 2.12. The van der Waals surface area contributed by atoms with Crippen molar-refractivity contribution in [2.24, 2.45) is 0 Å². The number of benzene rings is 1. The molecule has 0 atom stereocenters. The lowest BCUT2D eigenvalue weighted by Crippen LogP contribution is -1.95. The molecule has 3 nitrogen and oxygen atoms in total. The van der Waals surface area contributed by atoms with Crippen LogP contribution in [-0.2, 0) is 11.4 Å². The molecule has 0 saturated heterocycles. The fourth-order valence-corrected chi connectivity index (χ4v) is 2.41. The molecule has 0 aliphatic carbocycles. The molecular formula is C15H13FO3S. The first-order chi connectivity index (χ1) is 9.54. The number of rotatable bonds is 5. The van der Waals surface area contributed by atoms with E-state index in [2.05, 4.69) is 0 Å². The summed E-state index contributed by atoms with van der Waals surface area (Å²) in [7, 11) is 0. The van der Waals surface area contributed by atoms with E-state index < -0.39 is 11.8 Å². The van der Waals surface area contributed by atoms with Crippen LogP contribution in [0.15, 0.2) is 36.4 Å². The van der Waals surface area contributed by atoms with Crippen LogP contribution in [0.2, 0.25) is 0 Å². The Morgan fingerprint density at radius 2 is 2.20 bits per heavy atom. The van der Waals surface area contributed by atoms with Crippen LogP contribution in [0.3, 0.4) is 0 Å². The van der Waals surface area contributed by atoms with E-state index in [0.29, 0.717) is 0 Å². The lowest BCUT2D eigenvalue weighted by molar-refractivity contribution is -0.131. The Hall–Kier alpha value is -2.14. The summed E-state index contributed by atoms with van der Waals surface area (Å²) in [5, 5.41) is 8.54. The average molecular weight is 292 g/mol. The van der Waals surface area contributed by atoms with E-state index in [1.54, 1.807) is 18.2 Å². The van der Waals surface area contributed by atoms with Crippen molar-refractivity contribution >= 4 is 23.4 Å². The summed E-state index contributed by atoms with van der Waals surface area (Å²) in [5.74, 6) is -1.16. The first-order valence-electron chi connectivity index (χ1n) is 5.93. The van der Waals surface area contributed by atoms with Gasteiger partial charge in [-0.05, 0) is 42.8 Å². The summed E-state index contributed by atoms with van der Waals surface area (Å²) in [6, 6.07) is 8.34. The van der Waals surface area contributed by atoms with Crippen molar-refractivity contribution < 1.29 is 19.0 Å². The Morgan fingerprint density at radius 1 is 1.40 bits per heavy atom. The Balaban J connectivity index is 2.01. The minimum absolute atomic E-state index is 0.223. The van der Waals surface area contributed by atoms with Gasteiger partial charge in [0.15, 0.2) is 11.6 Å². The van der Waals surface area contributed by atoms with Gasteiger partial charge in [-0.1, -0.05) is 6.07 Å². The molecule has 0 radical (unpaired) electrons. The van der Waals surface area contributed by atoms with Crippen molar-refractivity contribution in [3.63, 3.8) is 0 Å². The van der Waals surface area contributed by atoms with Crippen molar-refractivity contribution in [1.82, 2.24) is 0 Å². The van der Waals surface area contributed by atoms with Gasteiger partial charge in [0.25, 0.3) is 0 Å². The number of carbonyl (C=O) groups is 1. The standard InChI is InChI=1S/C15H13FO3S/c1-10-2-6-13(16)14(8-10)19-9-12-4-3-11(20-12)5-7-15(17)18/h2-8H,9H2,1H3,(H,17,18). The van der Waals surface area contributed by atoms with Gasteiger partial charge in [-0.2, -0.15) is 0 Å². The maximum atomic E-state index is 13.5. The van der Waals surface area contributed by atoms with Crippen LogP contribution in [0.5, 0.6) is 5.75 Å². The number of carboxylic acids is 1. The lowest BCUT2D eigenvalue weighted by atomic mass is 10.2. The van der Waals surface area contributed by atoms with Gasteiger partial charge >= 0.3 is 5.97 Å². The predicted octanol–water partition coefficient (Wildman–Crippen LogP) is 3.87. The van der Waals surface area contributed by atoms with Crippen molar-refractivity contribution in [1.29, 1.82) is 0 Å². The number of halogens is 1. The summed E-state index contributed by atoms with van der Waals surface area (Å²) in [5.41, 5.74) is 0.928. The molecule has 0 spiro atoms. The van der Waals surface area contributed by atoms with Gasteiger partial charge in [0.05, 0.1) is 0 Å². The molecule has 1 heterocycles. The maximum absolute atomic E-state index is 13.5. The highest BCUT2D eigenvalue weighted by molar-refractivity contribution is 7.12. The number of aliphatic carboxylic acids is 1. The molecule has 5 heteroatoms. The molecule has 0 unspecified atom stereocenters. The molecule has 0 fully saturated rings. The van der Waals surface area contributed by atoms with E-state index in [1.165, 1.54) is 23.5 Å². The van der Waals surface area contributed by atoms with Gasteiger partial charge in [0, 0.05) is 15.8 Å². The summed E-state index contributed by atoms with van der Waals surface area (Å²) in [4.78, 5) is 12.1. The van der Waals surface area contributed by atoms with Gasteiger partial charge in [-0.3, -0.25) is 0 Å². The first-order valence-corrected chi connectivity index (χ1v) is 6.75. The Bertz CT molecular complexity index is 646. The molecule has 0 aliphatic heterocycles. The topological polar surface area (TPSA) is 46.5 Å². The minimum Gasteiger partial charge on any atom is -0.485 e. The van der Waals surface area contributed by atoms with Crippen LogP contribution in [0.25, 0.3) is 6.08 Å². The third kappa shape index (κ3) is 3.93. The number of hydrogen-bond donors (Lipinski definition) is 1. The van der Waals surface area contributed by atoms with Gasteiger partial charge in [-0.15, -0.1) is 11.3 Å². The second-order valence-electron chi connectivity index (χ2n) is 4.20. The quantitative estimate of drug-likeness (QED) is 0.851.